The number of hydrogen-bond acceptors (Lipinski definition) is 2. The number of carbonyl (C=O) groups is 2. The summed E-state index contributed by atoms with van der Waals surface area (Å²) in [5.74, 6) is -0.263. The maximum atomic E-state index is 12.8. The van der Waals surface area contributed by atoms with E-state index in [1.165, 1.54) is 0 Å². The minimum Gasteiger partial charge on any atom is -0.350 e. The molecular formula is C19H24N2O2. The summed E-state index contributed by atoms with van der Waals surface area (Å²) in [4.78, 5) is 26.5. The summed E-state index contributed by atoms with van der Waals surface area (Å²) in [5.41, 5.74) is 0.326. The lowest BCUT2D eigenvalue weighted by atomic mass is 10.0. The van der Waals surface area contributed by atoms with Gasteiger partial charge in [-0.15, -0.1) is 0 Å². The van der Waals surface area contributed by atoms with Crippen molar-refractivity contribution in [3.05, 3.63) is 48.0 Å². The van der Waals surface area contributed by atoms with Crippen LogP contribution >= 0.6 is 0 Å². The van der Waals surface area contributed by atoms with E-state index in [9.17, 15) is 9.59 Å². The minimum absolute atomic E-state index is 0.0653. The molecule has 0 atom stereocenters. The molecule has 4 heteroatoms. The maximum Gasteiger partial charge on any atom is 0.254 e. The minimum atomic E-state index is -0.307. The van der Waals surface area contributed by atoms with E-state index in [0.29, 0.717) is 12.1 Å². The fraction of sp³-hybridized carbons (Fsp3) is 0.368. The van der Waals surface area contributed by atoms with Gasteiger partial charge in [0.05, 0.1) is 6.54 Å². The first-order valence-corrected chi connectivity index (χ1v) is 7.90. The molecule has 23 heavy (non-hydrogen) atoms. The molecule has 2 amide bonds. The Labute approximate surface area is 137 Å². The second kappa shape index (κ2) is 6.82. The van der Waals surface area contributed by atoms with Crippen LogP contribution in [0.4, 0.5) is 0 Å². The van der Waals surface area contributed by atoms with E-state index in [1.54, 1.807) is 4.90 Å². The SMILES string of the molecule is CCN(CC(=O)NC(C)(C)C)C(=O)c1cccc2ccccc12. The highest BCUT2D eigenvalue weighted by molar-refractivity contribution is 6.07. The molecule has 0 spiro atoms. The second-order valence-electron chi connectivity index (χ2n) is 6.64. The Kier molecular flexibility index (Phi) is 5.04. The zero-order chi connectivity index (χ0) is 17.0. The number of nitrogens with zero attached hydrogens (tertiary/aromatic N) is 1. The zero-order valence-electron chi connectivity index (χ0n) is 14.2. The average molecular weight is 312 g/mol. The standard InChI is InChI=1S/C19H24N2O2/c1-5-21(13-17(22)20-19(2,3)4)18(23)16-12-8-10-14-9-6-7-11-15(14)16/h6-12H,5,13H2,1-4H3,(H,20,22). The molecule has 0 aliphatic rings. The van der Waals surface area contributed by atoms with Crippen molar-refractivity contribution in [3.8, 4) is 0 Å². The molecule has 0 aromatic heterocycles. The van der Waals surface area contributed by atoms with Gasteiger partial charge in [-0.2, -0.15) is 0 Å². The van der Waals surface area contributed by atoms with E-state index in [-0.39, 0.29) is 23.9 Å². The molecular weight excluding hydrogens is 288 g/mol. The van der Waals surface area contributed by atoms with Crippen LogP contribution in [0.1, 0.15) is 38.1 Å². The predicted molar refractivity (Wildman–Crippen MR) is 93.4 cm³/mol. The molecule has 2 aromatic rings. The molecule has 0 saturated carbocycles. The van der Waals surface area contributed by atoms with E-state index in [4.69, 9.17) is 0 Å². The van der Waals surface area contributed by atoms with Crippen LogP contribution in [0.2, 0.25) is 0 Å². The Morgan fingerprint density at radius 1 is 1.04 bits per heavy atom. The molecule has 0 heterocycles. The van der Waals surface area contributed by atoms with Gasteiger partial charge in [0.15, 0.2) is 0 Å². The Hall–Kier alpha value is -2.36. The highest BCUT2D eigenvalue weighted by atomic mass is 16.2. The molecule has 122 valence electrons. The van der Waals surface area contributed by atoms with E-state index in [1.807, 2.05) is 70.2 Å². The van der Waals surface area contributed by atoms with Gasteiger partial charge in [0, 0.05) is 17.6 Å². The molecule has 4 nitrogen and oxygen atoms in total. The molecule has 2 aromatic carbocycles. The van der Waals surface area contributed by atoms with Crippen molar-refractivity contribution in [1.82, 2.24) is 10.2 Å². The summed E-state index contributed by atoms with van der Waals surface area (Å²) in [5, 5.41) is 4.83. The number of amides is 2. The number of hydrogen-bond donors (Lipinski definition) is 1. The van der Waals surface area contributed by atoms with Crippen molar-refractivity contribution < 1.29 is 9.59 Å². The average Bonchev–Trinajstić information content (AvgIpc) is 2.49. The third kappa shape index (κ3) is 4.31. The normalized spacial score (nSPS) is 11.3. The number of nitrogens with one attached hydrogen (secondary N) is 1. The van der Waals surface area contributed by atoms with Gasteiger partial charge < -0.3 is 10.2 Å². The first-order valence-electron chi connectivity index (χ1n) is 7.90. The lowest BCUT2D eigenvalue weighted by Gasteiger charge is -2.25. The molecule has 0 aliphatic carbocycles. The fourth-order valence-corrected chi connectivity index (χ4v) is 2.54. The fourth-order valence-electron chi connectivity index (χ4n) is 2.54. The highest BCUT2D eigenvalue weighted by Gasteiger charge is 2.21. The molecule has 2 rings (SSSR count). The van der Waals surface area contributed by atoms with Gasteiger partial charge in [-0.25, -0.2) is 0 Å². The molecule has 0 radical (unpaired) electrons. The third-order valence-corrected chi connectivity index (χ3v) is 3.54. The Bertz CT molecular complexity index is 711. The molecule has 0 unspecified atom stereocenters. The van der Waals surface area contributed by atoms with Crippen LogP contribution in [-0.4, -0.2) is 35.3 Å². The quantitative estimate of drug-likeness (QED) is 0.942. The van der Waals surface area contributed by atoms with Gasteiger partial charge in [0.1, 0.15) is 0 Å². The van der Waals surface area contributed by atoms with Crippen LogP contribution < -0.4 is 5.32 Å². The Morgan fingerprint density at radius 3 is 2.35 bits per heavy atom. The molecule has 0 fully saturated rings. The monoisotopic (exact) mass is 312 g/mol. The number of benzene rings is 2. The predicted octanol–water partition coefficient (Wildman–Crippen LogP) is 3.22. The first-order chi connectivity index (χ1) is 10.8. The smallest absolute Gasteiger partial charge is 0.254 e. The van der Waals surface area contributed by atoms with Gasteiger partial charge >= 0.3 is 0 Å². The van der Waals surface area contributed by atoms with E-state index >= 15 is 0 Å². The maximum absolute atomic E-state index is 12.8. The molecule has 0 bridgehead atoms. The van der Waals surface area contributed by atoms with Gasteiger partial charge in [-0.1, -0.05) is 36.4 Å². The number of rotatable bonds is 4. The van der Waals surface area contributed by atoms with E-state index in [2.05, 4.69) is 5.32 Å². The molecule has 0 saturated heterocycles. The second-order valence-corrected chi connectivity index (χ2v) is 6.64. The van der Waals surface area contributed by atoms with Crippen LogP contribution in [0.3, 0.4) is 0 Å². The van der Waals surface area contributed by atoms with Crippen molar-refractivity contribution in [2.24, 2.45) is 0 Å². The van der Waals surface area contributed by atoms with Crippen molar-refractivity contribution in [2.75, 3.05) is 13.1 Å². The molecule has 1 N–H and O–H groups in total. The van der Waals surface area contributed by atoms with Gasteiger partial charge in [0.2, 0.25) is 5.91 Å². The van der Waals surface area contributed by atoms with Crippen LogP contribution in [-0.2, 0) is 4.79 Å². The Morgan fingerprint density at radius 2 is 1.70 bits per heavy atom. The summed E-state index contributed by atoms with van der Waals surface area (Å²) in [6.07, 6.45) is 0. The van der Waals surface area contributed by atoms with Gasteiger partial charge in [-0.05, 0) is 44.5 Å². The van der Waals surface area contributed by atoms with E-state index in [0.717, 1.165) is 10.8 Å². The van der Waals surface area contributed by atoms with Crippen LogP contribution in [0.5, 0.6) is 0 Å². The highest BCUT2D eigenvalue weighted by Crippen LogP contribution is 2.20. The number of fused-ring (bicyclic) bond motifs is 1. The van der Waals surface area contributed by atoms with Crippen molar-refractivity contribution in [2.45, 2.75) is 33.2 Å². The van der Waals surface area contributed by atoms with E-state index < -0.39 is 0 Å². The number of likely N-dealkylation sites (N-methyl/N-ethyl adjacent to an activating group) is 1. The zero-order valence-corrected chi connectivity index (χ0v) is 14.2. The summed E-state index contributed by atoms with van der Waals surface area (Å²) < 4.78 is 0. The lowest BCUT2D eigenvalue weighted by molar-refractivity contribution is -0.123. The van der Waals surface area contributed by atoms with Crippen LogP contribution in [0.25, 0.3) is 10.8 Å². The largest absolute Gasteiger partial charge is 0.350 e. The van der Waals surface area contributed by atoms with Crippen molar-refractivity contribution >= 4 is 22.6 Å². The number of carbonyl (C=O) groups excluding carboxylic acids is 2. The van der Waals surface area contributed by atoms with Crippen molar-refractivity contribution in [3.63, 3.8) is 0 Å². The first kappa shape index (κ1) is 17.0. The third-order valence-electron chi connectivity index (χ3n) is 3.54. The summed E-state index contributed by atoms with van der Waals surface area (Å²) in [6.45, 7) is 8.21. The van der Waals surface area contributed by atoms with Crippen molar-refractivity contribution in [1.29, 1.82) is 0 Å². The lowest BCUT2D eigenvalue weighted by Crippen LogP contribution is -2.47. The summed E-state index contributed by atoms with van der Waals surface area (Å²) in [6, 6.07) is 13.5. The Balaban J connectivity index is 2.24. The van der Waals surface area contributed by atoms with Crippen LogP contribution in [0.15, 0.2) is 42.5 Å². The van der Waals surface area contributed by atoms with Crippen LogP contribution in [0, 0.1) is 0 Å². The van der Waals surface area contributed by atoms with Gasteiger partial charge in [0.25, 0.3) is 5.91 Å². The van der Waals surface area contributed by atoms with Gasteiger partial charge in [-0.3, -0.25) is 9.59 Å². The summed E-state index contributed by atoms with van der Waals surface area (Å²) in [7, 11) is 0. The summed E-state index contributed by atoms with van der Waals surface area (Å²) >= 11 is 0. The topological polar surface area (TPSA) is 49.4 Å². The molecule has 0 aliphatic heterocycles.